The quantitative estimate of drug-likeness (QED) is 0.710. The fraction of sp³-hybridized carbons (Fsp3) is 1.00. The maximum absolute atomic E-state index is 3.51. The van der Waals surface area contributed by atoms with Gasteiger partial charge in [-0.05, 0) is 38.1 Å². The molecule has 1 atom stereocenters. The third-order valence-corrected chi connectivity index (χ3v) is 4.01. The molecule has 1 aliphatic rings. The molecule has 0 heterocycles. The van der Waals surface area contributed by atoms with Gasteiger partial charge < -0.3 is 5.32 Å². The predicted octanol–water partition coefficient (Wildman–Crippen LogP) is 3.59. The van der Waals surface area contributed by atoms with Gasteiger partial charge in [0.05, 0.1) is 0 Å². The first-order valence-corrected chi connectivity index (χ1v) is 6.49. The predicted molar refractivity (Wildman–Crippen MR) is 63.5 cm³/mol. The van der Waals surface area contributed by atoms with Gasteiger partial charge in [0.15, 0.2) is 0 Å². The van der Waals surface area contributed by atoms with Gasteiger partial charge in [-0.15, -0.1) is 0 Å². The summed E-state index contributed by atoms with van der Waals surface area (Å²) in [6.07, 6.45) is 9.95. The summed E-state index contributed by atoms with van der Waals surface area (Å²) in [4.78, 5) is 0. The first-order valence-electron chi connectivity index (χ1n) is 6.49. The van der Waals surface area contributed by atoms with Crippen LogP contribution in [0.2, 0.25) is 0 Å². The summed E-state index contributed by atoms with van der Waals surface area (Å²) in [6.45, 7) is 4.63. The van der Waals surface area contributed by atoms with E-state index < -0.39 is 0 Å². The molecule has 0 saturated heterocycles. The van der Waals surface area contributed by atoms with E-state index in [1.54, 1.807) is 0 Å². The SMILES string of the molecule is CCCC(NC)C1CCC(CC)CC1. The number of hydrogen-bond acceptors (Lipinski definition) is 1. The van der Waals surface area contributed by atoms with Gasteiger partial charge in [-0.3, -0.25) is 0 Å². The average molecular weight is 197 g/mol. The summed E-state index contributed by atoms with van der Waals surface area (Å²) >= 11 is 0. The lowest BCUT2D eigenvalue weighted by Gasteiger charge is -2.33. The Kier molecular flexibility index (Phi) is 5.54. The molecule has 1 rings (SSSR count). The minimum absolute atomic E-state index is 0.790. The van der Waals surface area contributed by atoms with Gasteiger partial charge in [-0.25, -0.2) is 0 Å². The lowest BCUT2D eigenvalue weighted by atomic mass is 9.77. The zero-order chi connectivity index (χ0) is 10.4. The first kappa shape index (κ1) is 12.0. The average Bonchev–Trinajstić information content (AvgIpc) is 2.26. The highest BCUT2D eigenvalue weighted by Crippen LogP contribution is 2.33. The summed E-state index contributed by atoms with van der Waals surface area (Å²) < 4.78 is 0. The molecule has 0 amide bonds. The van der Waals surface area contributed by atoms with Gasteiger partial charge in [-0.2, -0.15) is 0 Å². The smallest absolute Gasteiger partial charge is 0.00922 e. The van der Waals surface area contributed by atoms with E-state index in [0.29, 0.717) is 0 Å². The molecule has 1 unspecified atom stereocenters. The van der Waals surface area contributed by atoms with Crippen LogP contribution in [0, 0.1) is 11.8 Å². The fourth-order valence-electron chi connectivity index (χ4n) is 2.93. The van der Waals surface area contributed by atoms with Crippen molar-refractivity contribution in [3.63, 3.8) is 0 Å². The van der Waals surface area contributed by atoms with Crippen molar-refractivity contribution >= 4 is 0 Å². The van der Waals surface area contributed by atoms with Crippen molar-refractivity contribution in [1.29, 1.82) is 0 Å². The Morgan fingerprint density at radius 3 is 2.21 bits per heavy atom. The normalized spacial score (nSPS) is 30.2. The van der Waals surface area contributed by atoms with Crippen LogP contribution in [0.4, 0.5) is 0 Å². The molecule has 1 fully saturated rings. The van der Waals surface area contributed by atoms with Crippen LogP contribution < -0.4 is 5.32 Å². The van der Waals surface area contributed by atoms with E-state index in [4.69, 9.17) is 0 Å². The Balaban J connectivity index is 2.31. The van der Waals surface area contributed by atoms with Crippen LogP contribution >= 0.6 is 0 Å². The van der Waals surface area contributed by atoms with Crippen LogP contribution in [0.5, 0.6) is 0 Å². The molecule has 0 bridgehead atoms. The Bertz CT molecular complexity index is 136. The van der Waals surface area contributed by atoms with Crippen LogP contribution in [0.3, 0.4) is 0 Å². The zero-order valence-electron chi connectivity index (χ0n) is 10.2. The highest BCUT2D eigenvalue weighted by Gasteiger charge is 2.25. The first-order chi connectivity index (χ1) is 6.81. The molecule has 84 valence electrons. The van der Waals surface area contributed by atoms with Gasteiger partial charge in [0.2, 0.25) is 0 Å². The fourth-order valence-corrected chi connectivity index (χ4v) is 2.93. The molecule has 0 aromatic carbocycles. The van der Waals surface area contributed by atoms with E-state index in [1.165, 1.54) is 44.9 Å². The van der Waals surface area contributed by atoms with Crippen LogP contribution in [0.25, 0.3) is 0 Å². The lowest BCUT2D eigenvalue weighted by Crippen LogP contribution is -2.35. The molecule has 0 aromatic rings. The largest absolute Gasteiger partial charge is 0.317 e. The van der Waals surface area contributed by atoms with Gasteiger partial charge in [0, 0.05) is 6.04 Å². The molecule has 1 N–H and O–H groups in total. The summed E-state index contributed by atoms with van der Waals surface area (Å²) in [7, 11) is 2.13. The van der Waals surface area contributed by atoms with Crippen LogP contribution in [0.15, 0.2) is 0 Å². The van der Waals surface area contributed by atoms with E-state index in [0.717, 1.165) is 17.9 Å². The lowest BCUT2D eigenvalue weighted by molar-refractivity contribution is 0.216. The Labute approximate surface area is 89.7 Å². The molecule has 1 nitrogen and oxygen atoms in total. The van der Waals surface area contributed by atoms with Crippen molar-refractivity contribution in [3.8, 4) is 0 Å². The maximum Gasteiger partial charge on any atom is 0.00922 e. The van der Waals surface area contributed by atoms with Crippen molar-refractivity contribution in [3.05, 3.63) is 0 Å². The van der Waals surface area contributed by atoms with E-state index in [1.807, 2.05) is 0 Å². The van der Waals surface area contributed by atoms with Crippen molar-refractivity contribution in [2.75, 3.05) is 7.05 Å². The van der Waals surface area contributed by atoms with Crippen molar-refractivity contribution in [2.45, 2.75) is 64.8 Å². The topological polar surface area (TPSA) is 12.0 Å². The number of nitrogens with one attached hydrogen (secondary N) is 1. The second-order valence-corrected chi connectivity index (χ2v) is 4.87. The third kappa shape index (κ3) is 3.27. The van der Waals surface area contributed by atoms with Crippen LogP contribution in [-0.2, 0) is 0 Å². The molecule has 1 saturated carbocycles. The van der Waals surface area contributed by atoms with Crippen LogP contribution in [-0.4, -0.2) is 13.1 Å². The minimum atomic E-state index is 0.790. The molecule has 0 radical (unpaired) electrons. The zero-order valence-corrected chi connectivity index (χ0v) is 10.2. The van der Waals surface area contributed by atoms with Crippen molar-refractivity contribution in [1.82, 2.24) is 5.32 Å². The van der Waals surface area contributed by atoms with E-state index in [-0.39, 0.29) is 0 Å². The Morgan fingerprint density at radius 1 is 1.14 bits per heavy atom. The maximum atomic E-state index is 3.51. The summed E-state index contributed by atoms with van der Waals surface area (Å²) in [5.41, 5.74) is 0. The highest BCUT2D eigenvalue weighted by molar-refractivity contribution is 4.80. The molecule has 14 heavy (non-hydrogen) atoms. The summed E-state index contributed by atoms with van der Waals surface area (Å²) in [6, 6.07) is 0.790. The van der Waals surface area contributed by atoms with E-state index >= 15 is 0 Å². The second-order valence-electron chi connectivity index (χ2n) is 4.87. The van der Waals surface area contributed by atoms with Crippen molar-refractivity contribution in [2.24, 2.45) is 11.8 Å². The molecular weight excluding hydrogens is 170 g/mol. The number of hydrogen-bond donors (Lipinski definition) is 1. The molecule has 0 aliphatic heterocycles. The van der Waals surface area contributed by atoms with E-state index in [2.05, 4.69) is 26.2 Å². The summed E-state index contributed by atoms with van der Waals surface area (Å²) in [5, 5.41) is 3.51. The molecule has 1 heteroatoms. The van der Waals surface area contributed by atoms with Crippen LogP contribution in [0.1, 0.15) is 58.8 Å². The highest BCUT2D eigenvalue weighted by atomic mass is 14.9. The second kappa shape index (κ2) is 6.44. The Morgan fingerprint density at radius 2 is 1.79 bits per heavy atom. The summed E-state index contributed by atoms with van der Waals surface area (Å²) in [5.74, 6) is 1.99. The number of rotatable bonds is 5. The van der Waals surface area contributed by atoms with Gasteiger partial charge in [-0.1, -0.05) is 39.5 Å². The Hall–Kier alpha value is -0.0400. The molecule has 0 spiro atoms. The van der Waals surface area contributed by atoms with Gasteiger partial charge in [0.25, 0.3) is 0 Å². The van der Waals surface area contributed by atoms with Crippen molar-refractivity contribution < 1.29 is 0 Å². The van der Waals surface area contributed by atoms with Gasteiger partial charge >= 0.3 is 0 Å². The monoisotopic (exact) mass is 197 g/mol. The van der Waals surface area contributed by atoms with E-state index in [9.17, 15) is 0 Å². The third-order valence-electron chi connectivity index (χ3n) is 4.01. The molecular formula is C13H27N. The van der Waals surface area contributed by atoms with Gasteiger partial charge in [0.1, 0.15) is 0 Å². The minimum Gasteiger partial charge on any atom is -0.317 e. The molecule has 1 aliphatic carbocycles. The molecule has 0 aromatic heterocycles. The standard InChI is InChI=1S/C13H27N/c1-4-6-13(14-3)12-9-7-11(5-2)8-10-12/h11-14H,4-10H2,1-3H3.